The Kier molecular flexibility index (Phi) is 8.72. The van der Waals surface area contributed by atoms with Gasteiger partial charge in [-0.3, -0.25) is 9.59 Å². The number of aromatic hydroxyl groups is 1. The number of phenolic OH excluding ortho intramolecular Hbond substituents is 1. The number of piperazine rings is 1. The number of carbonyl (C=O) groups excluding carboxylic acids is 2. The Morgan fingerprint density at radius 3 is 2.55 bits per heavy atom. The van der Waals surface area contributed by atoms with Gasteiger partial charge in [0.15, 0.2) is 0 Å². The second-order valence-corrected chi connectivity index (χ2v) is 11.2. The first-order chi connectivity index (χ1) is 19.2. The monoisotopic (exact) mass is 551 g/mol. The van der Waals surface area contributed by atoms with Gasteiger partial charge in [-0.25, -0.2) is 4.98 Å². The van der Waals surface area contributed by atoms with Crippen LogP contribution in [-0.4, -0.2) is 108 Å². The zero-order chi connectivity index (χ0) is 28.2. The number of aromatic nitrogens is 1. The summed E-state index contributed by atoms with van der Waals surface area (Å²) in [7, 11) is 2.10. The maximum absolute atomic E-state index is 13.3. The number of amides is 2. The summed E-state index contributed by atoms with van der Waals surface area (Å²) in [4.78, 5) is 36.2. The van der Waals surface area contributed by atoms with Crippen LogP contribution in [0.1, 0.15) is 41.3 Å². The topological polar surface area (TPSA) is 133 Å². The molecule has 0 radical (unpaired) electrons. The minimum Gasteiger partial charge on any atom is -0.508 e. The van der Waals surface area contributed by atoms with E-state index in [1.807, 2.05) is 17.0 Å². The molecule has 40 heavy (non-hydrogen) atoms. The molecule has 5 rings (SSSR count). The number of nitrogens with zero attached hydrogens (tertiary/aromatic N) is 4. The number of piperidine rings is 1. The van der Waals surface area contributed by atoms with Gasteiger partial charge in [-0.05, 0) is 61.7 Å². The average Bonchev–Trinajstić information content (AvgIpc) is 2.96. The van der Waals surface area contributed by atoms with E-state index in [0.29, 0.717) is 37.4 Å². The van der Waals surface area contributed by atoms with Crippen molar-refractivity contribution in [2.75, 3.05) is 63.1 Å². The smallest absolute Gasteiger partial charge is 0.251 e. The molecule has 1 aromatic carbocycles. The molecule has 11 heteroatoms. The first-order valence-electron chi connectivity index (χ1n) is 14.2. The van der Waals surface area contributed by atoms with Crippen LogP contribution < -0.4 is 20.9 Å². The van der Waals surface area contributed by atoms with Crippen molar-refractivity contribution >= 4 is 23.5 Å². The van der Waals surface area contributed by atoms with Crippen molar-refractivity contribution in [2.45, 2.75) is 50.9 Å². The van der Waals surface area contributed by atoms with E-state index in [4.69, 9.17) is 4.98 Å². The lowest BCUT2D eigenvalue weighted by atomic mass is 9.92. The van der Waals surface area contributed by atoms with Crippen LogP contribution in [0.15, 0.2) is 30.3 Å². The van der Waals surface area contributed by atoms with Crippen molar-refractivity contribution < 1.29 is 19.8 Å². The molecule has 0 bridgehead atoms. The normalized spacial score (nSPS) is 21.0. The Morgan fingerprint density at radius 1 is 1.07 bits per heavy atom. The summed E-state index contributed by atoms with van der Waals surface area (Å²) in [5.74, 6) is 1.49. The van der Waals surface area contributed by atoms with Gasteiger partial charge in [0.1, 0.15) is 17.4 Å². The fourth-order valence-electron chi connectivity index (χ4n) is 5.71. The van der Waals surface area contributed by atoms with Gasteiger partial charge in [-0.15, -0.1) is 0 Å². The zero-order valence-electron chi connectivity index (χ0n) is 23.4. The maximum atomic E-state index is 13.3. The van der Waals surface area contributed by atoms with Crippen LogP contribution in [0.4, 0.5) is 11.6 Å². The largest absolute Gasteiger partial charge is 0.508 e. The highest BCUT2D eigenvalue weighted by atomic mass is 16.3. The van der Waals surface area contributed by atoms with Crippen LogP contribution >= 0.6 is 0 Å². The van der Waals surface area contributed by atoms with E-state index < -0.39 is 6.10 Å². The standard InChI is InChI=1S/C29H41N7O4/c1-19(37)35-7-5-23(6-8-35)32-27-15-21(16-28(33-27)36-11-9-34(2)10-12-36)29(40)31-18-26(39)25-14-20-3-4-24(38)13-22(20)17-30-25/h3-4,13,15-16,23,25-26,30,38-39H,5-12,14,17-18H2,1-2H3,(H,31,40)(H,32,33)/t25-,26?/m0/s1. The summed E-state index contributed by atoms with van der Waals surface area (Å²) in [6.07, 6.45) is 1.50. The van der Waals surface area contributed by atoms with Crippen LogP contribution in [-0.2, 0) is 17.8 Å². The summed E-state index contributed by atoms with van der Waals surface area (Å²) in [6, 6.07) is 8.87. The Balaban J connectivity index is 1.25. The van der Waals surface area contributed by atoms with E-state index in [9.17, 15) is 19.8 Å². The molecular formula is C29H41N7O4. The second kappa shape index (κ2) is 12.4. The molecule has 2 aromatic rings. The van der Waals surface area contributed by atoms with Gasteiger partial charge in [0.25, 0.3) is 5.91 Å². The Hall–Kier alpha value is -3.41. The van der Waals surface area contributed by atoms with E-state index in [0.717, 1.165) is 56.0 Å². The van der Waals surface area contributed by atoms with Crippen LogP contribution in [0.5, 0.6) is 5.75 Å². The minimum atomic E-state index is -0.770. The second-order valence-electron chi connectivity index (χ2n) is 11.2. The molecule has 11 nitrogen and oxygen atoms in total. The molecule has 5 N–H and O–H groups in total. The quantitative estimate of drug-likeness (QED) is 0.338. The first-order valence-corrected chi connectivity index (χ1v) is 14.2. The van der Waals surface area contributed by atoms with Crippen LogP contribution in [0, 0.1) is 0 Å². The number of likely N-dealkylation sites (tertiary alicyclic amines) is 1. The lowest BCUT2D eigenvalue weighted by molar-refractivity contribution is -0.129. The van der Waals surface area contributed by atoms with Crippen molar-refractivity contribution in [3.05, 3.63) is 47.0 Å². The number of anilines is 2. The molecule has 2 saturated heterocycles. The number of rotatable bonds is 7. The third-order valence-electron chi connectivity index (χ3n) is 8.31. The SMILES string of the molecule is CC(=O)N1CCC(Nc2cc(C(=O)NCC(O)[C@@H]3Cc4ccc(O)cc4CN3)cc(N3CCN(C)CC3)n2)CC1. The predicted octanol–water partition coefficient (Wildman–Crippen LogP) is 0.767. The van der Waals surface area contributed by atoms with Crippen LogP contribution in [0.3, 0.4) is 0 Å². The zero-order valence-corrected chi connectivity index (χ0v) is 23.4. The lowest BCUT2D eigenvalue weighted by Gasteiger charge is -2.34. The maximum Gasteiger partial charge on any atom is 0.251 e. The number of pyridine rings is 1. The van der Waals surface area contributed by atoms with E-state index >= 15 is 0 Å². The summed E-state index contributed by atoms with van der Waals surface area (Å²) in [6.45, 7) is 7.19. The van der Waals surface area contributed by atoms with Crippen molar-refractivity contribution in [3.63, 3.8) is 0 Å². The molecule has 1 unspecified atom stereocenters. The Morgan fingerprint density at radius 2 is 1.82 bits per heavy atom. The molecule has 2 fully saturated rings. The van der Waals surface area contributed by atoms with E-state index in [1.165, 1.54) is 0 Å². The average molecular weight is 552 g/mol. The van der Waals surface area contributed by atoms with Gasteiger partial charge < -0.3 is 40.9 Å². The highest BCUT2D eigenvalue weighted by molar-refractivity contribution is 5.95. The Bertz CT molecular complexity index is 1210. The number of phenols is 1. The number of aliphatic hydroxyl groups is 1. The molecule has 0 aliphatic carbocycles. The van der Waals surface area contributed by atoms with E-state index in [1.54, 1.807) is 25.1 Å². The number of carbonyl (C=O) groups is 2. The number of fused-ring (bicyclic) bond motifs is 1. The third-order valence-corrected chi connectivity index (χ3v) is 8.31. The van der Waals surface area contributed by atoms with Gasteiger partial charge in [-0.1, -0.05) is 6.07 Å². The predicted molar refractivity (Wildman–Crippen MR) is 154 cm³/mol. The number of aliphatic hydroxyl groups excluding tert-OH is 1. The summed E-state index contributed by atoms with van der Waals surface area (Å²) in [5, 5.41) is 30.3. The number of nitrogens with one attached hydrogen (secondary N) is 3. The molecule has 0 spiro atoms. The van der Waals surface area contributed by atoms with Crippen molar-refractivity contribution in [1.82, 2.24) is 25.4 Å². The third kappa shape index (κ3) is 6.83. The Labute approximate surface area is 235 Å². The summed E-state index contributed by atoms with van der Waals surface area (Å²) >= 11 is 0. The van der Waals surface area contributed by atoms with Gasteiger partial charge in [-0.2, -0.15) is 0 Å². The molecule has 0 saturated carbocycles. The number of hydrogen-bond donors (Lipinski definition) is 5. The number of likely N-dealkylation sites (N-methyl/N-ethyl adjacent to an activating group) is 1. The van der Waals surface area contributed by atoms with Gasteiger partial charge in [0, 0.05) is 76.9 Å². The van der Waals surface area contributed by atoms with Crippen molar-refractivity contribution in [2.24, 2.45) is 0 Å². The molecule has 216 valence electrons. The fourth-order valence-corrected chi connectivity index (χ4v) is 5.71. The molecule has 4 heterocycles. The number of hydrogen-bond acceptors (Lipinski definition) is 9. The summed E-state index contributed by atoms with van der Waals surface area (Å²) in [5.41, 5.74) is 2.60. The molecule has 3 aliphatic rings. The fraction of sp³-hybridized carbons (Fsp3) is 0.552. The first kappa shape index (κ1) is 28.1. The van der Waals surface area contributed by atoms with Crippen LogP contribution in [0.25, 0.3) is 0 Å². The molecular weight excluding hydrogens is 510 g/mol. The molecule has 3 aliphatic heterocycles. The molecule has 2 amide bonds. The lowest BCUT2D eigenvalue weighted by Crippen LogP contribution is -2.49. The minimum absolute atomic E-state index is 0.0988. The number of benzene rings is 1. The molecule has 2 atom stereocenters. The van der Waals surface area contributed by atoms with E-state index in [2.05, 4.69) is 32.8 Å². The highest BCUT2D eigenvalue weighted by Gasteiger charge is 2.26. The van der Waals surface area contributed by atoms with Crippen molar-refractivity contribution in [3.8, 4) is 5.75 Å². The van der Waals surface area contributed by atoms with Gasteiger partial charge >= 0.3 is 0 Å². The summed E-state index contributed by atoms with van der Waals surface area (Å²) < 4.78 is 0. The van der Waals surface area contributed by atoms with Crippen molar-refractivity contribution in [1.29, 1.82) is 0 Å². The highest BCUT2D eigenvalue weighted by Crippen LogP contribution is 2.24. The van der Waals surface area contributed by atoms with Crippen LogP contribution in [0.2, 0.25) is 0 Å². The van der Waals surface area contributed by atoms with Gasteiger partial charge in [0.2, 0.25) is 5.91 Å². The van der Waals surface area contributed by atoms with Gasteiger partial charge in [0.05, 0.1) is 6.10 Å². The molecule has 1 aromatic heterocycles. The van der Waals surface area contributed by atoms with E-state index in [-0.39, 0.29) is 36.2 Å².